The molecule has 0 aliphatic heterocycles. The summed E-state index contributed by atoms with van der Waals surface area (Å²) >= 11 is 0. The van der Waals surface area contributed by atoms with E-state index in [0.717, 1.165) is 0 Å². The fourth-order valence-corrected chi connectivity index (χ4v) is 6.44. The van der Waals surface area contributed by atoms with Gasteiger partial charge in [-0.05, 0) is 92.5 Å². The van der Waals surface area contributed by atoms with Gasteiger partial charge in [-0.15, -0.1) is 0 Å². The molecular formula is C45H50O8. The lowest BCUT2D eigenvalue weighted by atomic mass is 9.74. The van der Waals surface area contributed by atoms with Crippen LogP contribution in [0.15, 0.2) is 110 Å². The average molecular weight is 719 g/mol. The predicted molar refractivity (Wildman–Crippen MR) is 207 cm³/mol. The van der Waals surface area contributed by atoms with Crippen LogP contribution in [-0.2, 0) is 19.8 Å². The molecule has 1 aromatic carbocycles. The van der Waals surface area contributed by atoms with E-state index in [0.29, 0.717) is 22.3 Å². The fraction of sp³-hybridized carbons (Fsp3) is 0.378. The fourth-order valence-electron chi connectivity index (χ4n) is 6.44. The number of Topliss-reactive ketones (excluding diaryl/α,β-unsaturated/α-hetero) is 4. The number of ketones is 4. The molecule has 0 heterocycles. The summed E-state index contributed by atoms with van der Waals surface area (Å²) in [5.41, 5.74) is -1.74. The minimum absolute atomic E-state index is 0.0274. The van der Waals surface area contributed by atoms with Crippen LogP contribution in [0.3, 0.4) is 0 Å². The number of hydrogen-bond donors (Lipinski definition) is 3. The van der Waals surface area contributed by atoms with E-state index in [1.807, 2.05) is 83.1 Å². The molecule has 3 N–H and O–H groups in total. The zero-order valence-corrected chi connectivity index (χ0v) is 33.0. The van der Waals surface area contributed by atoms with Gasteiger partial charge >= 0.3 is 0 Å². The average Bonchev–Trinajstić information content (AvgIpc) is 3.04. The van der Waals surface area contributed by atoms with Crippen molar-refractivity contribution in [3.8, 4) is 5.75 Å². The standard InChI is InChI=1S/C45H50O8/c1-42(2,3)22-14-26-34(46)27(15-22)36(48)29-17-24(44(7,8)9)19-31(38(29)50)40(52)33-21-25(45(10,11)12)20-32(41(33)53-13)39(51)30-18-23(43(4,5)6)16-28(35(26)47)37(30)49/h14-21,47-48,51H,1-13H3. The van der Waals surface area contributed by atoms with Crippen molar-refractivity contribution in [1.29, 1.82) is 0 Å². The lowest BCUT2D eigenvalue weighted by Crippen LogP contribution is -2.26. The Balaban J connectivity index is 2.06. The quantitative estimate of drug-likeness (QED) is 0.244. The van der Waals surface area contributed by atoms with Crippen LogP contribution in [0, 0.1) is 16.2 Å². The van der Waals surface area contributed by atoms with Crippen LogP contribution < -0.4 is 4.74 Å². The Bertz CT molecular complexity index is 2200. The highest BCUT2D eigenvalue weighted by molar-refractivity contribution is 6.34. The third kappa shape index (κ3) is 6.87. The molecule has 8 bridgehead atoms. The summed E-state index contributed by atoms with van der Waals surface area (Å²) in [5.74, 6) is -5.04. The van der Waals surface area contributed by atoms with E-state index < -0.39 is 62.1 Å². The second-order valence-electron chi connectivity index (χ2n) is 18.2. The second-order valence-corrected chi connectivity index (χ2v) is 18.2. The van der Waals surface area contributed by atoms with Crippen molar-refractivity contribution in [2.75, 3.05) is 7.11 Å². The van der Waals surface area contributed by atoms with Crippen LogP contribution in [0.5, 0.6) is 5.75 Å². The number of rotatable bonds is 1. The van der Waals surface area contributed by atoms with Gasteiger partial charge in [0, 0.05) is 0 Å². The first-order valence-electron chi connectivity index (χ1n) is 17.7. The van der Waals surface area contributed by atoms with Gasteiger partial charge in [-0.2, -0.15) is 0 Å². The molecule has 0 saturated carbocycles. The van der Waals surface area contributed by atoms with Gasteiger partial charge in [-0.3, -0.25) is 19.2 Å². The number of aliphatic hydroxyl groups excluding tert-OH is 3. The van der Waals surface area contributed by atoms with Crippen LogP contribution in [0.25, 0.3) is 5.76 Å². The Morgan fingerprint density at radius 2 is 0.774 bits per heavy atom. The van der Waals surface area contributed by atoms with Crippen LogP contribution in [0.1, 0.15) is 105 Å². The summed E-state index contributed by atoms with van der Waals surface area (Å²) in [6, 6.07) is 3.25. The van der Waals surface area contributed by atoms with E-state index in [4.69, 9.17) is 4.74 Å². The molecule has 0 saturated heterocycles. The van der Waals surface area contributed by atoms with Gasteiger partial charge in [0.1, 0.15) is 23.0 Å². The van der Waals surface area contributed by atoms with Crippen molar-refractivity contribution in [2.24, 2.45) is 16.2 Å². The summed E-state index contributed by atoms with van der Waals surface area (Å²) < 4.78 is 5.83. The SMILES string of the molecule is COc1c2cc(C(C)(C)C)cc1C(O)=C1C=C(C(C)(C)C)C=C(C1=O)C(O)=C1C=C(C(C)(C)C)C=C(C1=O)C(O)=C1C=C(C(C)(C)C)C=C(C1=O)C2=O. The molecule has 0 radical (unpaired) electrons. The molecule has 5 rings (SSSR count). The summed E-state index contributed by atoms with van der Waals surface area (Å²) in [5, 5.41) is 36.3. The number of hydrogen-bond acceptors (Lipinski definition) is 8. The predicted octanol–water partition coefficient (Wildman–Crippen LogP) is 9.53. The molecule has 0 unspecified atom stereocenters. The zero-order chi connectivity index (χ0) is 39.9. The monoisotopic (exact) mass is 718 g/mol. The second kappa shape index (κ2) is 12.7. The van der Waals surface area contributed by atoms with Gasteiger partial charge in [0.15, 0.2) is 0 Å². The number of carbonyl (C=O) groups is 4. The van der Waals surface area contributed by atoms with E-state index in [1.54, 1.807) is 12.1 Å². The smallest absolute Gasteiger partial charge is 0.200 e. The van der Waals surface area contributed by atoms with Gasteiger partial charge in [0.25, 0.3) is 0 Å². The lowest BCUT2D eigenvalue weighted by Gasteiger charge is -2.29. The third-order valence-electron chi connectivity index (χ3n) is 10.0. The Labute approximate surface area is 312 Å². The molecule has 0 atom stereocenters. The topological polar surface area (TPSA) is 138 Å². The van der Waals surface area contributed by atoms with Crippen molar-refractivity contribution >= 4 is 28.9 Å². The third-order valence-corrected chi connectivity index (χ3v) is 10.0. The normalized spacial score (nSPS) is 19.1. The minimum Gasteiger partial charge on any atom is -0.506 e. The molecule has 53 heavy (non-hydrogen) atoms. The first kappa shape index (κ1) is 39.0. The first-order valence-corrected chi connectivity index (χ1v) is 17.7. The highest BCUT2D eigenvalue weighted by Crippen LogP contribution is 2.44. The summed E-state index contributed by atoms with van der Waals surface area (Å²) in [6.07, 6.45) is 8.94. The number of benzene rings is 1. The van der Waals surface area contributed by atoms with Crippen molar-refractivity contribution in [2.45, 2.75) is 88.5 Å². The van der Waals surface area contributed by atoms with Gasteiger partial charge in [0.2, 0.25) is 23.1 Å². The molecule has 0 fully saturated rings. The molecule has 0 spiro atoms. The van der Waals surface area contributed by atoms with Gasteiger partial charge in [-0.25, -0.2) is 0 Å². The maximum Gasteiger partial charge on any atom is 0.200 e. The van der Waals surface area contributed by atoms with E-state index >= 15 is 0 Å². The Morgan fingerprint density at radius 3 is 1.13 bits per heavy atom. The molecule has 8 nitrogen and oxygen atoms in total. The molecule has 4 aliphatic carbocycles. The Morgan fingerprint density at radius 1 is 0.434 bits per heavy atom. The van der Waals surface area contributed by atoms with Crippen LogP contribution in [-0.4, -0.2) is 45.6 Å². The lowest BCUT2D eigenvalue weighted by molar-refractivity contribution is -0.112. The van der Waals surface area contributed by atoms with Gasteiger partial charge in [0.05, 0.1) is 51.7 Å². The minimum atomic E-state index is -0.828. The number of carbonyl (C=O) groups excluding carboxylic acids is 4. The molecule has 0 amide bonds. The van der Waals surface area contributed by atoms with Crippen LogP contribution in [0.4, 0.5) is 0 Å². The highest BCUT2D eigenvalue weighted by atomic mass is 16.5. The number of fused-ring (bicyclic) bond motifs is 8. The molecule has 8 heteroatoms. The number of allylic oxidation sites excluding steroid dienone is 15. The van der Waals surface area contributed by atoms with Crippen molar-refractivity contribution in [3.63, 3.8) is 0 Å². The van der Waals surface area contributed by atoms with Crippen molar-refractivity contribution in [3.05, 3.63) is 127 Å². The Kier molecular flexibility index (Phi) is 9.35. The van der Waals surface area contributed by atoms with Gasteiger partial charge < -0.3 is 20.1 Å². The molecule has 278 valence electrons. The number of aliphatic hydroxyl groups is 3. The van der Waals surface area contributed by atoms with E-state index in [2.05, 4.69) is 0 Å². The van der Waals surface area contributed by atoms with Gasteiger partial charge in [-0.1, -0.05) is 83.1 Å². The number of ether oxygens (including phenoxy) is 1. The molecule has 1 aromatic rings. The van der Waals surface area contributed by atoms with Crippen molar-refractivity contribution < 1.29 is 39.2 Å². The summed E-state index contributed by atoms with van der Waals surface area (Å²) in [4.78, 5) is 58.2. The van der Waals surface area contributed by atoms with E-state index in [1.165, 1.54) is 43.6 Å². The molecule has 0 aromatic heterocycles. The molecular weight excluding hydrogens is 668 g/mol. The largest absolute Gasteiger partial charge is 0.506 e. The van der Waals surface area contributed by atoms with Crippen LogP contribution >= 0.6 is 0 Å². The highest BCUT2D eigenvalue weighted by Gasteiger charge is 2.39. The Hall–Kier alpha value is -5.24. The van der Waals surface area contributed by atoms with Crippen LogP contribution in [0.2, 0.25) is 0 Å². The number of methoxy groups -OCH3 is 1. The maximum atomic E-state index is 14.8. The van der Waals surface area contributed by atoms with E-state index in [9.17, 15) is 34.5 Å². The van der Waals surface area contributed by atoms with Crippen molar-refractivity contribution in [1.82, 2.24) is 0 Å². The molecule has 4 aliphatic rings. The first-order chi connectivity index (χ1) is 24.2. The zero-order valence-electron chi connectivity index (χ0n) is 33.0. The summed E-state index contributed by atoms with van der Waals surface area (Å²) in [7, 11) is 1.33. The maximum absolute atomic E-state index is 14.8. The van der Waals surface area contributed by atoms with E-state index in [-0.39, 0.29) is 50.3 Å². The summed E-state index contributed by atoms with van der Waals surface area (Å²) in [6.45, 7) is 22.8.